The SMILES string of the molecule is O=C(Nc1ccc(OC2CCC2)c(F)c1)C1CCCNC1. The van der Waals surface area contributed by atoms with Crippen LogP contribution in [0.3, 0.4) is 0 Å². The van der Waals surface area contributed by atoms with Crippen LogP contribution in [0, 0.1) is 11.7 Å². The molecule has 1 amide bonds. The average molecular weight is 292 g/mol. The quantitative estimate of drug-likeness (QED) is 0.897. The molecule has 21 heavy (non-hydrogen) atoms. The van der Waals surface area contributed by atoms with Crippen molar-refractivity contribution in [3.63, 3.8) is 0 Å². The van der Waals surface area contributed by atoms with E-state index >= 15 is 0 Å². The molecule has 2 fully saturated rings. The topological polar surface area (TPSA) is 50.4 Å². The van der Waals surface area contributed by atoms with Crippen LogP contribution in [0.2, 0.25) is 0 Å². The third kappa shape index (κ3) is 3.53. The molecule has 114 valence electrons. The molecule has 5 heteroatoms. The fourth-order valence-electron chi connectivity index (χ4n) is 2.66. The number of nitrogens with one attached hydrogen (secondary N) is 2. The van der Waals surface area contributed by atoms with Gasteiger partial charge in [0.05, 0.1) is 12.0 Å². The van der Waals surface area contributed by atoms with Crippen molar-refractivity contribution < 1.29 is 13.9 Å². The second kappa shape index (κ2) is 6.43. The first-order valence-electron chi connectivity index (χ1n) is 7.70. The number of carbonyl (C=O) groups is 1. The molecule has 0 aromatic heterocycles. The van der Waals surface area contributed by atoms with Crippen molar-refractivity contribution in [1.82, 2.24) is 5.32 Å². The van der Waals surface area contributed by atoms with Gasteiger partial charge in [0.2, 0.25) is 5.91 Å². The number of halogens is 1. The minimum Gasteiger partial charge on any atom is -0.487 e. The molecule has 1 aromatic carbocycles. The van der Waals surface area contributed by atoms with Crippen LogP contribution in [0.1, 0.15) is 32.1 Å². The van der Waals surface area contributed by atoms with Crippen LogP contribution in [0.5, 0.6) is 5.75 Å². The van der Waals surface area contributed by atoms with Crippen molar-refractivity contribution in [3.8, 4) is 5.75 Å². The van der Waals surface area contributed by atoms with E-state index in [4.69, 9.17) is 4.74 Å². The van der Waals surface area contributed by atoms with Gasteiger partial charge in [-0.25, -0.2) is 4.39 Å². The summed E-state index contributed by atoms with van der Waals surface area (Å²) in [6.07, 6.45) is 5.16. The van der Waals surface area contributed by atoms with E-state index in [0.29, 0.717) is 12.2 Å². The molecule has 2 aliphatic rings. The highest BCUT2D eigenvalue weighted by Crippen LogP contribution is 2.28. The van der Waals surface area contributed by atoms with Gasteiger partial charge in [0.25, 0.3) is 0 Å². The summed E-state index contributed by atoms with van der Waals surface area (Å²) in [5.41, 5.74) is 0.490. The maximum atomic E-state index is 14.0. The minimum atomic E-state index is -0.415. The smallest absolute Gasteiger partial charge is 0.228 e. The van der Waals surface area contributed by atoms with E-state index in [1.165, 1.54) is 6.07 Å². The maximum absolute atomic E-state index is 14.0. The predicted molar refractivity (Wildman–Crippen MR) is 78.9 cm³/mol. The van der Waals surface area contributed by atoms with Gasteiger partial charge in [0.1, 0.15) is 0 Å². The molecule has 1 aliphatic carbocycles. The Balaban J connectivity index is 1.59. The van der Waals surface area contributed by atoms with Gasteiger partial charge >= 0.3 is 0 Å². The van der Waals surface area contributed by atoms with Crippen LogP contribution >= 0.6 is 0 Å². The van der Waals surface area contributed by atoms with Gasteiger partial charge < -0.3 is 15.4 Å². The van der Waals surface area contributed by atoms with Crippen LogP contribution in [0.4, 0.5) is 10.1 Å². The summed E-state index contributed by atoms with van der Waals surface area (Å²) in [5.74, 6) is -0.222. The molecule has 2 N–H and O–H groups in total. The van der Waals surface area contributed by atoms with Crippen molar-refractivity contribution in [2.24, 2.45) is 5.92 Å². The number of rotatable bonds is 4. The molecule has 1 aliphatic heterocycles. The zero-order chi connectivity index (χ0) is 14.7. The molecule has 1 atom stereocenters. The number of carbonyl (C=O) groups excluding carboxylic acids is 1. The predicted octanol–water partition coefficient (Wildman–Crippen LogP) is 2.70. The number of benzene rings is 1. The first-order chi connectivity index (χ1) is 10.2. The summed E-state index contributed by atoms with van der Waals surface area (Å²) in [4.78, 5) is 12.1. The van der Waals surface area contributed by atoms with E-state index in [2.05, 4.69) is 10.6 Å². The number of hydrogen-bond donors (Lipinski definition) is 2. The summed E-state index contributed by atoms with van der Waals surface area (Å²) in [7, 11) is 0. The van der Waals surface area contributed by atoms with Crippen LogP contribution < -0.4 is 15.4 Å². The van der Waals surface area contributed by atoms with Crippen molar-refractivity contribution in [1.29, 1.82) is 0 Å². The molecule has 1 aromatic rings. The Morgan fingerprint density at radius 1 is 1.29 bits per heavy atom. The molecule has 1 saturated carbocycles. The first-order valence-corrected chi connectivity index (χ1v) is 7.70. The minimum absolute atomic E-state index is 0.0345. The van der Waals surface area contributed by atoms with E-state index in [1.54, 1.807) is 12.1 Å². The van der Waals surface area contributed by atoms with Gasteiger partial charge in [0.15, 0.2) is 11.6 Å². The Bertz CT molecular complexity index is 511. The molecule has 1 unspecified atom stereocenters. The monoisotopic (exact) mass is 292 g/mol. The standard InChI is InChI=1S/C16H21FN2O2/c17-14-9-12(6-7-15(14)21-13-4-1-5-13)19-16(20)11-3-2-8-18-10-11/h6-7,9,11,13,18H,1-5,8,10H2,(H,19,20). The van der Waals surface area contributed by atoms with Crippen molar-refractivity contribution in [3.05, 3.63) is 24.0 Å². The Hall–Kier alpha value is -1.62. The average Bonchev–Trinajstić information content (AvgIpc) is 2.45. The highest BCUT2D eigenvalue weighted by Gasteiger charge is 2.22. The van der Waals surface area contributed by atoms with Crippen molar-refractivity contribution in [2.45, 2.75) is 38.2 Å². The zero-order valence-corrected chi connectivity index (χ0v) is 12.0. The van der Waals surface area contributed by atoms with Crippen LogP contribution in [-0.2, 0) is 4.79 Å². The first kappa shape index (κ1) is 14.3. The second-order valence-electron chi connectivity index (χ2n) is 5.85. The normalized spacial score (nSPS) is 22.4. The van der Waals surface area contributed by atoms with Gasteiger partial charge in [-0.05, 0) is 50.8 Å². The Labute approximate surface area is 124 Å². The summed E-state index contributed by atoms with van der Waals surface area (Å²) < 4.78 is 19.5. The van der Waals surface area contributed by atoms with E-state index in [9.17, 15) is 9.18 Å². The summed E-state index contributed by atoms with van der Waals surface area (Å²) in [6, 6.07) is 4.63. The Morgan fingerprint density at radius 3 is 2.76 bits per heavy atom. The summed E-state index contributed by atoms with van der Waals surface area (Å²) in [5, 5.41) is 5.99. The molecular formula is C16H21FN2O2. The molecule has 1 heterocycles. The lowest BCUT2D eigenvalue weighted by molar-refractivity contribution is -0.120. The Kier molecular flexibility index (Phi) is 4.39. The molecule has 1 saturated heterocycles. The lowest BCUT2D eigenvalue weighted by Gasteiger charge is -2.26. The number of ether oxygens (including phenoxy) is 1. The van der Waals surface area contributed by atoms with Crippen molar-refractivity contribution >= 4 is 11.6 Å². The van der Waals surface area contributed by atoms with Gasteiger partial charge in [-0.15, -0.1) is 0 Å². The maximum Gasteiger partial charge on any atom is 0.228 e. The van der Waals surface area contributed by atoms with E-state index in [-0.39, 0.29) is 23.7 Å². The van der Waals surface area contributed by atoms with Crippen molar-refractivity contribution in [2.75, 3.05) is 18.4 Å². The van der Waals surface area contributed by atoms with Gasteiger partial charge in [-0.1, -0.05) is 0 Å². The molecule has 0 radical (unpaired) electrons. The molecule has 4 nitrogen and oxygen atoms in total. The Morgan fingerprint density at radius 2 is 2.14 bits per heavy atom. The lowest BCUT2D eigenvalue weighted by atomic mass is 9.96. The second-order valence-corrected chi connectivity index (χ2v) is 5.85. The molecular weight excluding hydrogens is 271 g/mol. The van der Waals surface area contributed by atoms with Gasteiger partial charge in [-0.2, -0.15) is 0 Å². The number of amides is 1. The molecule has 0 spiro atoms. The summed E-state index contributed by atoms with van der Waals surface area (Å²) in [6.45, 7) is 1.66. The molecule has 0 bridgehead atoms. The third-order valence-electron chi connectivity index (χ3n) is 4.21. The van der Waals surface area contributed by atoms with Gasteiger partial charge in [-0.3, -0.25) is 4.79 Å². The fraction of sp³-hybridized carbons (Fsp3) is 0.562. The van der Waals surface area contributed by atoms with E-state index in [0.717, 1.165) is 38.6 Å². The largest absolute Gasteiger partial charge is 0.487 e. The lowest BCUT2D eigenvalue weighted by Crippen LogP contribution is -2.37. The zero-order valence-electron chi connectivity index (χ0n) is 12.0. The molecule has 3 rings (SSSR count). The highest BCUT2D eigenvalue weighted by atomic mass is 19.1. The number of anilines is 1. The summed E-state index contributed by atoms with van der Waals surface area (Å²) >= 11 is 0. The highest BCUT2D eigenvalue weighted by molar-refractivity contribution is 5.92. The fourth-order valence-corrected chi connectivity index (χ4v) is 2.66. The van der Waals surface area contributed by atoms with E-state index < -0.39 is 5.82 Å². The number of hydrogen-bond acceptors (Lipinski definition) is 3. The van der Waals surface area contributed by atoms with E-state index in [1.807, 2.05) is 0 Å². The van der Waals surface area contributed by atoms with Crippen LogP contribution in [0.25, 0.3) is 0 Å². The third-order valence-corrected chi connectivity index (χ3v) is 4.21. The number of piperidine rings is 1. The van der Waals surface area contributed by atoms with Crippen LogP contribution in [-0.4, -0.2) is 25.1 Å². The van der Waals surface area contributed by atoms with Crippen LogP contribution in [0.15, 0.2) is 18.2 Å². The van der Waals surface area contributed by atoms with Gasteiger partial charge in [0, 0.05) is 18.3 Å².